The van der Waals surface area contributed by atoms with Gasteiger partial charge in [0.25, 0.3) is 0 Å². The van der Waals surface area contributed by atoms with Crippen molar-refractivity contribution in [1.82, 2.24) is 0 Å². The van der Waals surface area contributed by atoms with Crippen molar-refractivity contribution in [2.24, 2.45) is 5.92 Å². The molecule has 0 aromatic rings. The standard InChI is InChI=1S/C12H17NO3/c14-11-6-4-5-10(9-11)12(13(15)16)7-2-1-3-8-12/h2,7,10H,1,3-6,8-9H2/t10-,12+/m0/s1. The van der Waals surface area contributed by atoms with Gasteiger partial charge >= 0.3 is 0 Å². The number of allylic oxidation sites excluding steroid dienone is 1. The van der Waals surface area contributed by atoms with Crippen molar-refractivity contribution in [2.75, 3.05) is 0 Å². The Morgan fingerprint density at radius 1 is 1.44 bits per heavy atom. The smallest absolute Gasteiger partial charge is 0.243 e. The number of rotatable bonds is 2. The van der Waals surface area contributed by atoms with Crippen molar-refractivity contribution in [2.45, 2.75) is 50.5 Å². The summed E-state index contributed by atoms with van der Waals surface area (Å²) in [5.74, 6) is 0.108. The Bertz CT molecular complexity index is 337. The lowest BCUT2D eigenvalue weighted by Crippen LogP contribution is -2.46. The summed E-state index contributed by atoms with van der Waals surface area (Å²) in [4.78, 5) is 22.6. The zero-order chi connectivity index (χ0) is 11.6. The highest BCUT2D eigenvalue weighted by molar-refractivity contribution is 5.79. The van der Waals surface area contributed by atoms with Gasteiger partial charge in [-0.3, -0.25) is 14.9 Å². The molecule has 4 heteroatoms. The molecule has 0 aromatic carbocycles. The molecule has 2 rings (SSSR count). The average Bonchev–Trinajstić information content (AvgIpc) is 2.30. The zero-order valence-electron chi connectivity index (χ0n) is 9.35. The van der Waals surface area contributed by atoms with Crippen molar-refractivity contribution in [1.29, 1.82) is 0 Å². The van der Waals surface area contributed by atoms with Crippen LogP contribution in [0.5, 0.6) is 0 Å². The third kappa shape index (κ3) is 1.88. The molecule has 0 N–H and O–H groups in total. The third-order valence-electron chi connectivity index (χ3n) is 3.88. The van der Waals surface area contributed by atoms with Gasteiger partial charge in [-0.05, 0) is 31.8 Å². The molecule has 2 aliphatic carbocycles. The molecule has 0 radical (unpaired) electrons. The maximum atomic E-state index is 11.4. The molecule has 88 valence electrons. The predicted octanol–water partition coefficient (Wildman–Crippen LogP) is 2.50. The van der Waals surface area contributed by atoms with Crippen molar-refractivity contribution < 1.29 is 9.72 Å². The van der Waals surface area contributed by atoms with E-state index in [9.17, 15) is 14.9 Å². The lowest BCUT2D eigenvalue weighted by Gasteiger charge is -2.34. The van der Waals surface area contributed by atoms with Gasteiger partial charge in [-0.25, -0.2) is 0 Å². The normalized spacial score (nSPS) is 35.0. The van der Waals surface area contributed by atoms with Crippen molar-refractivity contribution >= 4 is 5.78 Å². The Kier molecular flexibility index (Phi) is 3.08. The van der Waals surface area contributed by atoms with Gasteiger partial charge in [0.1, 0.15) is 5.78 Å². The van der Waals surface area contributed by atoms with Crippen LogP contribution in [-0.4, -0.2) is 16.2 Å². The summed E-state index contributed by atoms with van der Waals surface area (Å²) in [6.45, 7) is 0. The Morgan fingerprint density at radius 3 is 2.81 bits per heavy atom. The molecule has 0 aromatic heterocycles. The van der Waals surface area contributed by atoms with Gasteiger partial charge in [-0.15, -0.1) is 0 Å². The van der Waals surface area contributed by atoms with Crippen LogP contribution >= 0.6 is 0 Å². The van der Waals surface area contributed by atoms with Crippen molar-refractivity contribution in [3.8, 4) is 0 Å². The first-order valence-electron chi connectivity index (χ1n) is 5.99. The molecule has 2 atom stereocenters. The van der Waals surface area contributed by atoms with E-state index < -0.39 is 5.54 Å². The SMILES string of the molecule is O=C1CCC[C@H]([C@@]2([N+](=O)[O-])C=CCCC2)C1. The monoisotopic (exact) mass is 223 g/mol. The summed E-state index contributed by atoms with van der Waals surface area (Å²) in [6, 6.07) is 0. The average molecular weight is 223 g/mol. The summed E-state index contributed by atoms with van der Waals surface area (Å²) >= 11 is 0. The fourth-order valence-corrected chi connectivity index (χ4v) is 2.97. The highest BCUT2D eigenvalue weighted by Crippen LogP contribution is 2.39. The fourth-order valence-electron chi connectivity index (χ4n) is 2.97. The molecule has 0 heterocycles. The van der Waals surface area contributed by atoms with E-state index in [1.165, 1.54) is 0 Å². The van der Waals surface area contributed by atoms with Gasteiger partial charge in [0.2, 0.25) is 5.54 Å². The molecule has 1 fully saturated rings. The van der Waals surface area contributed by atoms with E-state index >= 15 is 0 Å². The summed E-state index contributed by atoms with van der Waals surface area (Å²) in [5.41, 5.74) is -0.950. The molecular formula is C12H17NO3. The quantitative estimate of drug-likeness (QED) is 0.410. The van der Waals surface area contributed by atoms with E-state index in [4.69, 9.17) is 0 Å². The lowest BCUT2D eigenvalue weighted by molar-refractivity contribution is -0.568. The predicted molar refractivity (Wildman–Crippen MR) is 59.7 cm³/mol. The molecule has 0 saturated heterocycles. The summed E-state index contributed by atoms with van der Waals surface area (Å²) in [5, 5.41) is 11.3. The molecule has 0 aliphatic heterocycles. The lowest BCUT2D eigenvalue weighted by atomic mass is 9.70. The molecule has 0 amide bonds. The van der Waals surface area contributed by atoms with Crippen molar-refractivity contribution in [3.05, 3.63) is 22.3 Å². The maximum absolute atomic E-state index is 11.4. The van der Waals surface area contributed by atoms with Crippen LogP contribution in [0.1, 0.15) is 44.9 Å². The highest BCUT2D eigenvalue weighted by atomic mass is 16.6. The number of nitro groups is 1. The maximum Gasteiger partial charge on any atom is 0.243 e. The Morgan fingerprint density at radius 2 is 2.25 bits per heavy atom. The van der Waals surface area contributed by atoms with Gasteiger partial charge in [0.05, 0.1) is 0 Å². The molecule has 2 aliphatic rings. The summed E-state index contributed by atoms with van der Waals surface area (Å²) in [7, 11) is 0. The van der Waals surface area contributed by atoms with Crippen LogP contribution in [0.2, 0.25) is 0 Å². The molecule has 0 bridgehead atoms. The van der Waals surface area contributed by atoms with Crippen LogP contribution in [0.4, 0.5) is 0 Å². The third-order valence-corrected chi connectivity index (χ3v) is 3.88. The van der Waals surface area contributed by atoms with E-state index in [2.05, 4.69) is 0 Å². The number of carbonyl (C=O) groups is 1. The van der Waals surface area contributed by atoms with E-state index in [-0.39, 0.29) is 16.6 Å². The Hall–Kier alpha value is -1.19. The number of Topliss-reactive ketones (excluding diaryl/α,β-unsaturated/α-hetero) is 1. The number of hydrogen-bond acceptors (Lipinski definition) is 3. The van der Waals surface area contributed by atoms with Crippen LogP contribution in [0, 0.1) is 16.0 Å². The van der Waals surface area contributed by atoms with E-state index in [1.807, 2.05) is 6.08 Å². The van der Waals surface area contributed by atoms with Gasteiger partial charge in [0, 0.05) is 30.1 Å². The van der Waals surface area contributed by atoms with Crippen LogP contribution in [0.25, 0.3) is 0 Å². The second-order valence-electron chi connectivity index (χ2n) is 4.87. The molecule has 0 unspecified atom stereocenters. The zero-order valence-corrected chi connectivity index (χ0v) is 9.35. The van der Waals surface area contributed by atoms with E-state index in [0.29, 0.717) is 19.3 Å². The van der Waals surface area contributed by atoms with Gasteiger partial charge < -0.3 is 0 Å². The number of hydrogen-bond donors (Lipinski definition) is 0. The van der Waals surface area contributed by atoms with Crippen LogP contribution < -0.4 is 0 Å². The minimum Gasteiger partial charge on any atom is -0.300 e. The number of nitrogens with zero attached hydrogens (tertiary/aromatic N) is 1. The first-order valence-corrected chi connectivity index (χ1v) is 5.99. The van der Waals surface area contributed by atoms with Crippen LogP contribution in [0.3, 0.4) is 0 Å². The van der Waals surface area contributed by atoms with Crippen molar-refractivity contribution in [3.63, 3.8) is 0 Å². The summed E-state index contributed by atoms with van der Waals surface area (Å²) < 4.78 is 0. The largest absolute Gasteiger partial charge is 0.300 e. The highest BCUT2D eigenvalue weighted by Gasteiger charge is 2.49. The number of ketones is 1. The molecule has 16 heavy (non-hydrogen) atoms. The minimum absolute atomic E-state index is 0.0831. The fraction of sp³-hybridized carbons (Fsp3) is 0.750. The van der Waals surface area contributed by atoms with E-state index in [1.54, 1.807) is 6.08 Å². The van der Waals surface area contributed by atoms with Gasteiger partial charge in [-0.2, -0.15) is 0 Å². The number of carbonyl (C=O) groups excluding carboxylic acids is 1. The van der Waals surface area contributed by atoms with E-state index in [0.717, 1.165) is 25.7 Å². The molecule has 4 nitrogen and oxygen atoms in total. The molecule has 0 spiro atoms. The minimum atomic E-state index is -0.950. The molecular weight excluding hydrogens is 206 g/mol. The second-order valence-corrected chi connectivity index (χ2v) is 4.87. The van der Waals surface area contributed by atoms with Crippen LogP contribution in [-0.2, 0) is 4.79 Å². The Balaban J connectivity index is 2.24. The molecule has 1 saturated carbocycles. The topological polar surface area (TPSA) is 60.2 Å². The first kappa shape index (κ1) is 11.3. The van der Waals surface area contributed by atoms with Gasteiger partial charge in [-0.1, -0.05) is 6.08 Å². The summed E-state index contributed by atoms with van der Waals surface area (Å²) in [6.07, 6.45) is 8.67. The first-order chi connectivity index (χ1) is 7.65. The van der Waals surface area contributed by atoms with Crippen LogP contribution in [0.15, 0.2) is 12.2 Å². The second kappa shape index (κ2) is 4.36. The Labute approximate surface area is 94.9 Å². The van der Waals surface area contributed by atoms with Gasteiger partial charge in [0.15, 0.2) is 0 Å².